The molecule has 78 heavy (non-hydrogen) atoms. The van der Waals surface area contributed by atoms with E-state index in [1.54, 1.807) is 0 Å². The zero-order valence-electron chi connectivity index (χ0n) is 47.0. The molecule has 0 saturated heterocycles. The summed E-state index contributed by atoms with van der Waals surface area (Å²) in [5, 5.41) is 7.97. The van der Waals surface area contributed by atoms with E-state index < -0.39 is 0 Å². The van der Waals surface area contributed by atoms with Gasteiger partial charge in [0.05, 0.1) is 5.52 Å². The molecule has 0 saturated carbocycles. The second-order valence-corrected chi connectivity index (χ2v) is 27.7. The van der Waals surface area contributed by atoms with Crippen molar-refractivity contribution < 1.29 is 0 Å². The van der Waals surface area contributed by atoms with Crippen molar-refractivity contribution in [3.8, 4) is 60.6 Å². The molecular weight excluding hydrogens is 960 g/mol. The van der Waals surface area contributed by atoms with E-state index in [1.165, 1.54) is 155 Å². The van der Waals surface area contributed by atoms with Crippen LogP contribution in [0.2, 0.25) is 0 Å². The summed E-state index contributed by atoms with van der Waals surface area (Å²) in [4.78, 5) is 1.30. The first-order valence-corrected chi connectivity index (χ1v) is 29.2. The van der Waals surface area contributed by atoms with Gasteiger partial charge in [-0.15, -0.1) is 11.3 Å². The minimum absolute atomic E-state index is 0.0538. The van der Waals surface area contributed by atoms with Crippen LogP contribution < -0.4 is 16.2 Å². The highest BCUT2D eigenvalue weighted by Crippen LogP contribution is 2.57. The van der Waals surface area contributed by atoms with Crippen LogP contribution >= 0.6 is 11.3 Å². The second kappa shape index (κ2) is 16.1. The van der Waals surface area contributed by atoms with Gasteiger partial charge in [-0.1, -0.05) is 197 Å². The number of anilines is 2. The summed E-state index contributed by atoms with van der Waals surface area (Å²) < 4.78 is 3.95. The molecule has 3 heterocycles. The lowest BCUT2D eigenvalue weighted by atomic mass is 9.59. The Labute approximate surface area is 465 Å². The first kappa shape index (κ1) is 47.8. The largest absolute Gasteiger partial charge is 0.355 e. The van der Waals surface area contributed by atoms with Crippen molar-refractivity contribution in [2.45, 2.75) is 116 Å². The maximum Gasteiger partial charge on any atom is 0.197 e. The summed E-state index contributed by atoms with van der Waals surface area (Å²) in [6, 6.07) is 65.7. The van der Waals surface area contributed by atoms with E-state index in [9.17, 15) is 0 Å². The number of hydrogen-bond acceptors (Lipinski definition) is 2. The number of nitrogens with zero attached hydrogens (tertiary/aromatic N) is 1. The van der Waals surface area contributed by atoms with Gasteiger partial charge in [0.1, 0.15) is 0 Å². The lowest BCUT2D eigenvalue weighted by Gasteiger charge is -2.42. The molecule has 0 atom stereocenters. The van der Waals surface area contributed by atoms with E-state index in [2.05, 4.69) is 263 Å². The molecule has 381 valence electrons. The molecule has 0 fully saturated rings. The molecule has 2 nitrogen and oxygen atoms in total. The van der Waals surface area contributed by atoms with Crippen LogP contribution in [0.4, 0.5) is 11.4 Å². The monoisotopic (exact) mass is 1030 g/mol. The third-order valence-electron chi connectivity index (χ3n) is 19.3. The van der Waals surface area contributed by atoms with Gasteiger partial charge < -0.3 is 9.88 Å². The summed E-state index contributed by atoms with van der Waals surface area (Å²) in [6.07, 6.45) is 2.38. The summed E-state index contributed by atoms with van der Waals surface area (Å²) in [6.45, 7) is 26.5. The average Bonchev–Trinajstić information content (AvgIpc) is 3.91. The van der Waals surface area contributed by atoms with Crippen LogP contribution in [-0.2, 0) is 27.1 Å². The van der Waals surface area contributed by atoms with Crippen molar-refractivity contribution in [1.82, 2.24) is 4.57 Å². The highest BCUT2D eigenvalue weighted by molar-refractivity contribution is 7.23. The van der Waals surface area contributed by atoms with E-state index >= 15 is 0 Å². The topological polar surface area (TPSA) is 17.0 Å². The normalized spacial score (nSPS) is 16.6. The van der Waals surface area contributed by atoms with Crippen molar-refractivity contribution in [3.63, 3.8) is 0 Å². The van der Waals surface area contributed by atoms with Gasteiger partial charge in [0.15, 0.2) is 7.28 Å². The Morgan fingerprint density at radius 3 is 1.82 bits per heavy atom. The minimum atomic E-state index is -0.200. The summed E-state index contributed by atoms with van der Waals surface area (Å²) >= 11 is 1.92. The maximum absolute atomic E-state index is 4.10. The summed E-state index contributed by atoms with van der Waals surface area (Å²) in [5.41, 5.74) is 30.0. The molecule has 4 aliphatic rings. The summed E-state index contributed by atoms with van der Waals surface area (Å²) in [5.74, 6) is 0. The molecule has 1 N–H and O–H groups in total. The van der Waals surface area contributed by atoms with Gasteiger partial charge in [-0.3, -0.25) is 0 Å². The molecular formula is C74H66BN2S. The maximum atomic E-state index is 4.10. The molecule has 0 bridgehead atoms. The van der Waals surface area contributed by atoms with Crippen molar-refractivity contribution in [1.29, 1.82) is 0 Å². The van der Waals surface area contributed by atoms with Crippen LogP contribution in [0.25, 0.3) is 92.5 Å². The molecule has 1 radical (unpaired) electrons. The van der Waals surface area contributed by atoms with Crippen LogP contribution in [0.3, 0.4) is 0 Å². The average molecular weight is 1030 g/mol. The van der Waals surface area contributed by atoms with Crippen LogP contribution in [0.1, 0.15) is 128 Å². The fraction of sp³-hybridized carbons (Fsp3) is 0.243. The van der Waals surface area contributed by atoms with E-state index in [4.69, 9.17) is 0 Å². The van der Waals surface area contributed by atoms with E-state index in [0.717, 1.165) is 11.4 Å². The first-order chi connectivity index (χ1) is 37.3. The molecule has 11 aromatic rings. The van der Waals surface area contributed by atoms with Gasteiger partial charge in [-0.05, 0) is 167 Å². The molecule has 15 rings (SSSR count). The van der Waals surface area contributed by atoms with Gasteiger partial charge in [0.25, 0.3) is 0 Å². The number of rotatable bonds is 5. The molecule has 0 spiro atoms. The number of aromatic nitrogens is 1. The molecule has 2 aromatic heterocycles. The van der Waals surface area contributed by atoms with Crippen LogP contribution in [-0.4, -0.2) is 11.8 Å². The van der Waals surface area contributed by atoms with Gasteiger partial charge in [0, 0.05) is 70.3 Å². The minimum Gasteiger partial charge on any atom is -0.355 e. The van der Waals surface area contributed by atoms with Crippen LogP contribution in [0.5, 0.6) is 0 Å². The van der Waals surface area contributed by atoms with E-state index in [1.807, 2.05) is 11.3 Å². The predicted octanol–water partition coefficient (Wildman–Crippen LogP) is 19.0. The van der Waals surface area contributed by atoms with Gasteiger partial charge in [0.2, 0.25) is 0 Å². The molecule has 0 amide bonds. The van der Waals surface area contributed by atoms with Gasteiger partial charge >= 0.3 is 0 Å². The molecule has 0 unspecified atom stereocenters. The fourth-order valence-corrected chi connectivity index (χ4v) is 15.9. The number of benzene rings is 9. The van der Waals surface area contributed by atoms with Gasteiger partial charge in [-0.25, -0.2) is 0 Å². The number of hydrogen-bond donors (Lipinski definition) is 1. The highest BCUT2D eigenvalue weighted by Gasteiger charge is 2.44. The van der Waals surface area contributed by atoms with Crippen molar-refractivity contribution in [3.05, 3.63) is 209 Å². The lowest BCUT2D eigenvalue weighted by Crippen LogP contribution is -2.37. The number of nitrogens with one attached hydrogen (secondary N) is 1. The van der Waals surface area contributed by atoms with Crippen molar-refractivity contribution in [2.24, 2.45) is 0 Å². The van der Waals surface area contributed by atoms with E-state index in [0.29, 0.717) is 0 Å². The Morgan fingerprint density at radius 1 is 0.487 bits per heavy atom. The summed E-state index contributed by atoms with van der Waals surface area (Å²) in [7, 11) is 2.54. The SMILES string of the molecule is CC(C)(C)c1ccc(Nc2cc3c(cc2-c2ccc4c5cc6c(cc5n5c4c2[B]c2cc4sc(-c7ccccc7)c(-c7ccccc7)c4cc2-5)-c2ccccc2C6(C)C)-c2cc4c(cc2C3(C)C)C(C)(C)CCC4(C)C)cc1. The number of thiophene rings is 1. The zero-order chi connectivity index (χ0) is 53.6. The third-order valence-corrected chi connectivity index (χ3v) is 20.5. The first-order valence-electron chi connectivity index (χ1n) is 28.4. The highest BCUT2D eigenvalue weighted by atomic mass is 32.1. The quantitative estimate of drug-likeness (QED) is 0.170. The van der Waals surface area contributed by atoms with Crippen molar-refractivity contribution >= 4 is 72.8 Å². The van der Waals surface area contributed by atoms with E-state index in [-0.39, 0.29) is 27.1 Å². The number of fused-ring (bicyclic) bond motifs is 13. The molecule has 3 aliphatic carbocycles. The Balaban J connectivity index is 1.02. The van der Waals surface area contributed by atoms with Crippen molar-refractivity contribution in [2.75, 3.05) is 5.32 Å². The zero-order valence-corrected chi connectivity index (χ0v) is 47.8. The lowest BCUT2D eigenvalue weighted by molar-refractivity contribution is 0.331. The Hall–Kier alpha value is -7.40. The van der Waals surface area contributed by atoms with Gasteiger partial charge in [-0.2, -0.15) is 0 Å². The molecule has 9 aromatic carbocycles. The smallest absolute Gasteiger partial charge is 0.197 e. The third kappa shape index (κ3) is 6.75. The Morgan fingerprint density at radius 2 is 1.10 bits per heavy atom. The molecule has 1 aliphatic heterocycles. The second-order valence-electron chi connectivity index (χ2n) is 26.7. The van der Waals surface area contributed by atoms with Crippen LogP contribution in [0.15, 0.2) is 170 Å². The standard InChI is InChI=1S/C74H66BN2S/c1-70(2,3)44-26-28-45(29-27-44)76-62-40-58-49(50-35-59-60(39-57(50)74(58,10)11)72(6,7)33-32-71(59,4)5)34-52(62)47-30-31-48-53-36-56-51(46-24-18-19-25-55(46)73(56,8)9)37-63(53)77-64-38-54-65(41-61(64)75-67(47)68(48)77)78-69(43-22-16-13-17-23-43)66(54)42-20-14-12-15-21-42/h12-31,34-41,76H,32-33H2,1-11H3. The Kier molecular flexibility index (Phi) is 9.87. The Bertz CT molecular complexity index is 4380. The molecule has 4 heteroatoms. The van der Waals surface area contributed by atoms with Crippen LogP contribution in [0, 0.1) is 0 Å². The fourth-order valence-electron chi connectivity index (χ4n) is 14.6. The predicted molar refractivity (Wildman–Crippen MR) is 336 cm³/mol.